The van der Waals surface area contributed by atoms with Gasteiger partial charge in [-0.05, 0) is 31.0 Å². The van der Waals surface area contributed by atoms with Crippen LogP contribution in [0.25, 0.3) is 5.69 Å². The van der Waals surface area contributed by atoms with Crippen molar-refractivity contribution in [2.75, 3.05) is 13.7 Å². The molecule has 0 unspecified atom stereocenters. The molecule has 1 amide bonds. The lowest BCUT2D eigenvalue weighted by molar-refractivity contribution is -0.137. The lowest BCUT2D eigenvalue weighted by Crippen LogP contribution is -2.42. The quantitative estimate of drug-likeness (QED) is 0.697. The highest BCUT2D eigenvalue weighted by molar-refractivity contribution is 5.95. The van der Waals surface area contributed by atoms with E-state index in [0.717, 1.165) is 44.2 Å². The van der Waals surface area contributed by atoms with Gasteiger partial charge in [0.05, 0.1) is 31.1 Å². The number of nitrogens with zero attached hydrogens (tertiary/aromatic N) is 3. The average molecular weight is 405 g/mol. The van der Waals surface area contributed by atoms with E-state index in [1.807, 2.05) is 0 Å². The fourth-order valence-electron chi connectivity index (χ4n) is 3.61. The summed E-state index contributed by atoms with van der Waals surface area (Å²) in [6, 6.07) is 4.75. The van der Waals surface area contributed by atoms with Gasteiger partial charge in [-0.25, -0.2) is 4.68 Å². The van der Waals surface area contributed by atoms with Gasteiger partial charge in [0.2, 0.25) is 0 Å². The van der Waals surface area contributed by atoms with Crippen LogP contribution in [0.15, 0.2) is 30.5 Å². The summed E-state index contributed by atoms with van der Waals surface area (Å²) in [5.74, 6) is 2.33. The number of carbonyl (C=O) groups is 1. The van der Waals surface area contributed by atoms with E-state index in [2.05, 4.69) is 11.0 Å². The van der Waals surface area contributed by atoms with Gasteiger partial charge >= 0.3 is 6.18 Å². The second kappa shape index (κ2) is 8.60. The van der Waals surface area contributed by atoms with Gasteiger partial charge < -0.3 is 9.64 Å². The highest BCUT2D eigenvalue weighted by Crippen LogP contribution is 2.31. The number of hydrogen-bond donors (Lipinski definition) is 0. The van der Waals surface area contributed by atoms with Gasteiger partial charge in [0.1, 0.15) is 0 Å². The highest BCUT2D eigenvalue weighted by Gasteiger charge is 2.32. The van der Waals surface area contributed by atoms with Gasteiger partial charge in [0.15, 0.2) is 11.4 Å². The Hall–Kier alpha value is -2.95. The number of alkyl halides is 3. The molecule has 8 heteroatoms. The number of terminal acetylenes is 1. The van der Waals surface area contributed by atoms with Crippen molar-refractivity contribution < 1.29 is 22.7 Å². The zero-order valence-corrected chi connectivity index (χ0v) is 16.1. The molecule has 1 aliphatic carbocycles. The van der Waals surface area contributed by atoms with Crippen molar-refractivity contribution in [3.63, 3.8) is 0 Å². The average Bonchev–Trinajstić information content (AvgIpc) is 3.16. The maximum Gasteiger partial charge on any atom is 0.416 e. The Kier molecular flexibility index (Phi) is 6.16. The molecule has 3 rings (SSSR count). The number of halogens is 3. The van der Waals surface area contributed by atoms with Gasteiger partial charge in [-0.1, -0.05) is 31.2 Å². The summed E-state index contributed by atoms with van der Waals surface area (Å²) in [5, 5.41) is 4.24. The van der Waals surface area contributed by atoms with Gasteiger partial charge in [-0.3, -0.25) is 4.79 Å². The molecule has 0 bridgehead atoms. The maximum atomic E-state index is 13.2. The number of hydrogen-bond acceptors (Lipinski definition) is 3. The van der Waals surface area contributed by atoms with Crippen LogP contribution in [0.4, 0.5) is 13.2 Å². The zero-order valence-electron chi connectivity index (χ0n) is 16.1. The molecule has 5 nitrogen and oxygen atoms in total. The van der Waals surface area contributed by atoms with E-state index in [1.54, 1.807) is 4.90 Å². The monoisotopic (exact) mass is 405 g/mol. The minimum atomic E-state index is -4.48. The normalized spacial score (nSPS) is 15.0. The SMILES string of the molecule is C#CCN(C(=O)c1nn(-c2cccc(C(F)(F)F)c2)cc1OC)C1CCCCC1. The minimum Gasteiger partial charge on any atom is -0.493 e. The summed E-state index contributed by atoms with van der Waals surface area (Å²) >= 11 is 0. The van der Waals surface area contributed by atoms with Gasteiger partial charge in [0.25, 0.3) is 5.91 Å². The first-order valence-corrected chi connectivity index (χ1v) is 9.41. The van der Waals surface area contributed by atoms with E-state index in [9.17, 15) is 18.0 Å². The molecule has 0 N–H and O–H groups in total. The molecule has 1 aromatic heterocycles. The fourth-order valence-corrected chi connectivity index (χ4v) is 3.61. The van der Waals surface area contributed by atoms with Crippen molar-refractivity contribution in [2.45, 2.75) is 44.3 Å². The maximum absolute atomic E-state index is 13.2. The first-order chi connectivity index (χ1) is 13.8. The van der Waals surface area contributed by atoms with Gasteiger partial charge in [0, 0.05) is 6.04 Å². The molecule has 2 aromatic rings. The van der Waals surface area contributed by atoms with Gasteiger partial charge in [-0.2, -0.15) is 18.3 Å². The van der Waals surface area contributed by atoms with Crippen LogP contribution in [0.1, 0.15) is 48.2 Å². The summed E-state index contributed by atoms with van der Waals surface area (Å²) < 4.78 is 45.6. The standard InChI is InChI=1S/C21H22F3N3O2/c1-3-12-26(16-9-5-4-6-10-16)20(28)19-18(29-2)14-27(25-19)17-11-7-8-15(13-17)21(22,23)24/h1,7-8,11,13-14,16H,4-6,9-10,12H2,2H3. The third-order valence-corrected chi connectivity index (χ3v) is 5.08. The summed E-state index contributed by atoms with van der Waals surface area (Å²) in [6.45, 7) is 0.142. The Balaban J connectivity index is 1.95. The van der Waals surface area contributed by atoms with Crippen LogP contribution in [0.3, 0.4) is 0 Å². The van der Waals surface area contributed by atoms with Gasteiger partial charge in [-0.15, -0.1) is 6.42 Å². The number of ether oxygens (including phenoxy) is 1. The van der Waals surface area contributed by atoms with Crippen LogP contribution in [0, 0.1) is 12.3 Å². The van der Waals surface area contributed by atoms with Crippen molar-refractivity contribution >= 4 is 5.91 Å². The predicted octanol–water partition coefficient (Wildman–Crippen LogP) is 4.31. The zero-order chi connectivity index (χ0) is 21.0. The van der Waals surface area contributed by atoms with Crippen LogP contribution in [0.2, 0.25) is 0 Å². The molecule has 0 saturated heterocycles. The molecule has 154 valence electrons. The van der Waals surface area contributed by atoms with Crippen LogP contribution in [-0.4, -0.2) is 40.3 Å². The third-order valence-electron chi connectivity index (χ3n) is 5.08. The Morgan fingerprint density at radius 2 is 2.07 bits per heavy atom. The van der Waals surface area contributed by atoms with Crippen LogP contribution in [-0.2, 0) is 6.18 Å². The number of aromatic nitrogens is 2. The summed E-state index contributed by atoms with van der Waals surface area (Å²) in [4.78, 5) is 14.8. The first-order valence-electron chi connectivity index (χ1n) is 9.41. The predicted molar refractivity (Wildman–Crippen MR) is 102 cm³/mol. The Morgan fingerprint density at radius 3 is 2.69 bits per heavy atom. The van der Waals surface area contributed by atoms with E-state index < -0.39 is 11.7 Å². The molecule has 1 aromatic carbocycles. The van der Waals surface area contributed by atoms with E-state index in [0.29, 0.717) is 0 Å². The molecule has 0 atom stereocenters. The minimum absolute atomic E-state index is 0.0238. The second-order valence-corrected chi connectivity index (χ2v) is 6.97. The molecular formula is C21H22F3N3O2. The van der Waals surface area contributed by atoms with Crippen molar-refractivity contribution in [1.82, 2.24) is 14.7 Å². The van der Waals surface area contributed by atoms with Crippen LogP contribution in [0.5, 0.6) is 5.75 Å². The van der Waals surface area contributed by atoms with E-state index in [4.69, 9.17) is 11.2 Å². The Labute approximate surface area is 167 Å². The largest absolute Gasteiger partial charge is 0.493 e. The van der Waals surface area contributed by atoms with E-state index >= 15 is 0 Å². The molecule has 1 fully saturated rings. The second-order valence-electron chi connectivity index (χ2n) is 6.97. The highest BCUT2D eigenvalue weighted by atomic mass is 19.4. The number of benzene rings is 1. The molecule has 29 heavy (non-hydrogen) atoms. The summed E-state index contributed by atoms with van der Waals surface area (Å²) in [6.07, 6.45) is 7.30. The summed E-state index contributed by atoms with van der Waals surface area (Å²) in [7, 11) is 1.39. The Morgan fingerprint density at radius 1 is 1.34 bits per heavy atom. The molecule has 1 heterocycles. The number of methoxy groups -OCH3 is 1. The smallest absolute Gasteiger partial charge is 0.416 e. The van der Waals surface area contributed by atoms with E-state index in [-0.39, 0.29) is 35.6 Å². The first kappa shape index (κ1) is 20.8. The number of amides is 1. The number of carbonyl (C=O) groups excluding carboxylic acids is 1. The molecule has 1 aliphatic rings. The molecule has 0 radical (unpaired) electrons. The lowest BCUT2D eigenvalue weighted by Gasteiger charge is -2.32. The molecular weight excluding hydrogens is 383 g/mol. The summed E-state index contributed by atoms with van der Waals surface area (Å²) in [5.41, 5.74) is -0.586. The van der Waals surface area contributed by atoms with Crippen molar-refractivity contribution in [3.05, 3.63) is 41.7 Å². The fraction of sp³-hybridized carbons (Fsp3) is 0.429. The van der Waals surface area contributed by atoms with Crippen LogP contribution < -0.4 is 4.74 Å². The van der Waals surface area contributed by atoms with Crippen molar-refractivity contribution in [1.29, 1.82) is 0 Å². The van der Waals surface area contributed by atoms with E-state index in [1.165, 1.54) is 30.1 Å². The molecule has 1 saturated carbocycles. The Bertz CT molecular complexity index is 909. The molecule has 0 aliphatic heterocycles. The lowest BCUT2D eigenvalue weighted by atomic mass is 9.94. The van der Waals surface area contributed by atoms with Crippen molar-refractivity contribution in [2.24, 2.45) is 0 Å². The molecule has 0 spiro atoms. The van der Waals surface area contributed by atoms with Crippen molar-refractivity contribution in [3.8, 4) is 23.8 Å². The number of rotatable bonds is 5. The third kappa shape index (κ3) is 4.56. The van der Waals surface area contributed by atoms with Crippen LogP contribution >= 0.6 is 0 Å². The topological polar surface area (TPSA) is 47.4 Å².